The first-order valence-electron chi connectivity index (χ1n) is 7.04. The van der Waals surface area contributed by atoms with Crippen molar-refractivity contribution in [3.8, 4) is 0 Å². The van der Waals surface area contributed by atoms with Crippen LogP contribution in [0.2, 0.25) is 0 Å². The van der Waals surface area contributed by atoms with Crippen molar-refractivity contribution in [1.29, 1.82) is 0 Å². The maximum Gasteiger partial charge on any atom is 0.323 e. The average Bonchev–Trinajstić information content (AvgIpc) is 2.65. The Kier molecular flexibility index (Phi) is 4.32. The van der Waals surface area contributed by atoms with Gasteiger partial charge in [0.1, 0.15) is 12.4 Å². The fourth-order valence-electron chi connectivity index (χ4n) is 2.62. The number of aromatic nitrogens is 2. The number of carbonyl (C=O) groups excluding carboxylic acids is 1. The van der Waals surface area contributed by atoms with Crippen LogP contribution in [0.4, 0.5) is 0 Å². The van der Waals surface area contributed by atoms with Crippen LogP contribution < -0.4 is 0 Å². The Morgan fingerprint density at radius 3 is 2.57 bits per heavy atom. The summed E-state index contributed by atoms with van der Waals surface area (Å²) in [4.78, 5) is 30.9. The molecule has 1 N–H and O–H groups in total. The summed E-state index contributed by atoms with van der Waals surface area (Å²) < 4.78 is 2.04. The van der Waals surface area contributed by atoms with Gasteiger partial charge >= 0.3 is 5.97 Å². The molecule has 1 fully saturated rings. The molecule has 0 saturated carbocycles. The highest BCUT2D eigenvalue weighted by atomic mass is 16.4. The van der Waals surface area contributed by atoms with E-state index in [1.54, 1.807) is 0 Å². The number of carboxylic acids is 1. The molecule has 7 heteroatoms. The van der Waals surface area contributed by atoms with Gasteiger partial charge in [0.05, 0.1) is 18.3 Å². The van der Waals surface area contributed by atoms with Gasteiger partial charge in [0.2, 0.25) is 5.91 Å². The van der Waals surface area contributed by atoms with E-state index in [4.69, 9.17) is 5.11 Å². The number of hydrogen-bond donors (Lipinski definition) is 1. The minimum absolute atomic E-state index is 0.133. The van der Waals surface area contributed by atoms with E-state index in [2.05, 4.69) is 4.98 Å². The molecule has 0 radical (unpaired) electrons. The van der Waals surface area contributed by atoms with E-state index in [9.17, 15) is 9.59 Å². The van der Waals surface area contributed by atoms with Gasteiger partial charge in [0.15, 0.2) is 0 Å². The Balaban J connectivity index is 2.07. The highest BCUT2D eigenvalue weighted by Gasteiger charge is 2.32. The summed E-state index contributed by atoms with van der Waals surface area (Å²) in [5, 5.41) is 8.82. The van der Waals surface area contributed by atoms with Crippen molar-refractivity contribution in [1.82, 2.24) is 19.4 Å². The number of carbonyl (C=O) groups is 2. The lowest BCUT2D eigenvalue weighted by Crippen LogP contribution is -2.56. The van der Waals surface area contributed by atoms with E-state index in [0.717, 1.165) is 17.2 Å². The number of imidazole rings is 1. The van der Waals surface area contributed by atoms with Crippen LogP contribution in [0, 0.1) is 13.8 Å². The zero-order valence-corrected chi connectivity index (χ0v) is 13.0. The van der Waals surface area contributed by atoms with Crippen LogP contribution >= 0.6 is 0 Å². The Labute approximate surface area is 124 Å². The SMILES string of the molecule is Cc1nc(CN2CCN(CC(=O)O)C(=O)C2C)n(C)c1C. The number of aliphatic carboxylic acids is 1. The van der Waals surface area contributed by atoms with Gasteiger partial charge in [-0.3, -0.25) is 14.5 Å². The summed E-state index contributed by atoms with van der Waals surface area (Å²) in [6, 6.07) is -0.324. The maximum atomic E-state index is 12.2. The summed E-state index contributed by atoms with van der Waals surface area (Å²) in [6.45, 7) is 7.28. The maximum absolute atomic E-state index is 12.2. The Morgan fingerprint density at radius 1 is 1.38 bits per heavy atom. The van der Waals surface area contributed by atoms with Gasteiger partial charge in [-0.05, 0) is 20.8 Å². The molecule has 1 aromatic heterocycles. The van der Waals surface area contributed by atoms with E-state index in [0.29, 0.717) is 19.6 Å². The third-order valence-electron chi connectivity index (χ3n) is 4.26. The smallest absolute Gasteiger partial charge is 0.323 e. The van der Waals surface area contributed by atoms with Gasteiger partial charge in [0.25, 0.3) is 0 Å². The minimum atomic E-state index is -0.973. The Morgan fingerprint density at radius 2 is 2.05 bits per heavy atom. The van der Waals surface area contributed by atoms with Gasteiger partial charge < -0.3 is 14.6 Å². The van der Waals surface area contributed by atoms with E-state index in [1.165, 1.54) is 4.90 Å². The monoisotopic (exact) mass is 294 g/mol. The van der Waals surface area contributed by atoms with Crippen molar-refractivity contribution in [3.05, 3.63) is 17.2 Å². The fourth-order valence-corrected chi connectivity index (χ4v) is 2.62. The summed E-state index contributed by atoms with van der Waals surface area (Å²) in [5.74, 6) is -0.179. The molecule has 2 rings (SSSR count). The third kappa shape index (κ3) is 3.07. The lowest BCUT2D eigenvalue weighted by molar-refractivity contribution is -0.150. The standard InChI is InChI=1S/C14H22N4O3/c1-9-10(2)16(4)12(15-9)7-17-5-6-18(8-13(19)20)14(21)11(17)3/h11H,5-8H2,1-4H3,(H,19,20). The van der Waals surface area contributed by atoms with E-state index in [-0.39, 0.29) is 18.5 Å². The average molecular weight is 294 g/mol. The molecule has 0 aliphatic carbocycles. The van der Waals surface area contributed by atoms with Gasteiger partial charge in [-0.1, -0.05) is 0 Å². The van der Waals surface area contributed by atoms with Crippen molar-refractivity contribution in [2.24, 2.45) is 7.05 Å². The molecule has 1 aliphatic heterocycles. The number of amides is 1. The normalized spacial score (nSPS) is 20.1. The van der Waals surface area contributed by atoms with Crippen LogP contribution in [0.15, 0.2) is 0 Å². The predicted molar refractivity (Wildman–Crippen MR) is 76.8 cm³/mol. The zero-order chi connectivity index (χ0) is 15.7. The van der Waals surface area contributed by atoms with Crippen LogP contribution in [0.1, 0.15) is 24.1 Å². The molecular weight excluding hydrogens is 272 g/mol. The Hall–Kier alpha value is -1.89. The van der Waals surface area contributed by atoms with Gasteiger partial charge in [0, 0.05) is 25.8 Å². The predicted octanol–water partition coefficient (Wildman–Crippen LogP) is 0.154. The highest BCUT2D eigenvalue weighted by molar-refractivity contribution is 5.85. The van der Waals surface area contributed by atoms with E-state index >= 15 is 0 Å². The van der Waals surface area contributed by atoms with Crippen LogP contribution in [0.25, 0.3) is 0 Å². The van der Waals surface area contributed by atoms with Gasteiger partial charge in [-0.2, -0.15) is 0 Å². The molecule has 0 aromatic carbocycles. The van der Waals surface area contributed by atoms with E-state index in [1.807, 2.05) is 37.3 Å². The molecule has 1 amide bonds. The topological polar surface area (TPSA) is 78.7 Å². The molecule has 1 aromatic rings. The van der Waals surface area contributed by atoms with Gasteiger partial charge in [-0.15, -0.1) is 0 Å². The molecule has 7 nitrogen and oxygen atoms in total. The van der Waals surface area contributed by atoms with Crippen molar-refractivity contribution in [2.75, 3.05) is 19.6 Å². The summed E-state index contributed by atoms with van der Waals surface area (Å²) >= 11 is 0. The zero-order valence-electron chi connectivity index (χ0n) is 13.0. The van der Waals surface area contributed by atoms with Crippen molar-refractivity contribution < 1.29 is 14.7 Å². The third-order valence-corrected chi connectivity index (χ3v) is 4.26. The largest absolute Gasteiger partial charge is 0.480 e. The molecular formula is C14H22N4O3. The Bertz CT molecular complexity index is 567. The van der Waals surface area contributed by atoms with Crippen LogP contribution in [-0.4, -0.2) is 62.0 Å². The minimum Gasteiger partial charge on any atom is -0.480 e. The molecule has 116 valence electrons. The highest BCUT2D eigenvalue weighted by Crippen LogP contribution is 2.16. The van der Waals surface area contributed by atoms with Crippen molar-refractivity contribution >= 4 is 11.9 Å². The first-order valence-corrected chi connectivity index (χ1v) is 7.04. The van der Waals surface area contributed by atoms with Crippen LogP contribution in [0.3, 0.4) is 0 Å². The lowest BCUT2D eigenvalue weighted by Gasteiger charge is -2.38. The molecule has 21 heavy (non-hydrogen) atoms. The van der Waals surface area contributed by atoms with Crippen LogP contribution in [0.5, 0.6) is 0 Å². The van der Waals surface area contributed by atoms with Crippen molar-refractivity contribution in [2.45, 2.75) is 33.4 Å². The molecule has 2 heterocycles. The van der Waals surface area contributed by atoms with Gasteiger partial charge in [-0.25, -0.2) is 4.98 Å². The van der Waals surface area contributed by atoms with Crippen molar-refractivity contribution in [3.63, 3.8) is 0 Å². The molecule has 0 spiro atoms. The number of nitrogens with zero attached hydrogens (tertiary/aromatic N) is 4. The fraction of sp³-hybridized carbons (Fsp3) is 0.643. The second-order valence-corrected chi connectivity index (χ2v) is 5.56. The number of rotatable bonds is 4. The molecule has 1 atom stereocenters. The molecule has 1 aliphatic rings. The number of hydrogen-bond acceptors (Lipinski definition) is 4. The first-order chi connectivity index (χ1) is 9.81. The van der Waals surface area contributed by atoms with Crippen LogP contribution in [-0.2, 0) is 23.2 Å². The molecule has 1 unspecified atom stereocenters. The number of carboxylic acid groups (broad SMARTS) is 1. The molecule has 1 saturated heterocycles. The molecule has 0 bridgehead atoms. The second kappa shape index (κ2) is 5.85. The first kappa shape index (κ1) is 15.5. The summed E-state index contributed by atoms with van der Waals surface area (Å²) in [6.07, 6.45) is 0. The van der Waals surface area contributed by atoms with E-state index < -0.39 is 5.97 Å². The second-order valence-electron chi connectivity index (χ2n) is 5.56. The lowest BCUT2D eigenvalue weighted by atomic mass is 10.1. The summed E-state index contributed by atoms with van der Waals surface area (Å²) in [7, 11) is 1.97. The quantitative estimate of drug-likeness (QED) is 0.855. The summed E-state index contributed by atoms with van der Waals surface area (Å²) in [5.41, 5.74) is 2.12. The number of aryl methyl sites for hydroxylation is 1. The number of piperazine rings is 1.